The topological polar surface area (TPSA) is 90.8 Å². The number of aliphatic carboxylic acids is 1. The van der Waals surface area contributed by atoms with Crippen molar-refractivity contribution in [1.29, 1.82) is 0 Å². The Bertz CT molecular complexity index is 223. The molecule has 2 unspecified atom stereocenters. The molecule has 3 N–H and O–H groups in total. The van der Waals surface area contributed by atoms with Gasteiger partial charge >= 0.3 is 77.9 Å². The minimum absolute atomic E-state index is 0.123. The molecule has 0 fully saturated rings. The Balaban J connectivity index is 4.09. The molecule has 2 atom stereocenters. The molecule has 8 heteroatoms. The molecule has 1 amide bonds. The van der Waals surface area contributed by atoms with Gasteiger partial charge in [0.2, 0.25) is 0 Å². The van der Waals surface area contributed by atoms with Crippen molar-refractivity contribution in [2.24, 2.45) is 4.67 Å². The molecule has 0 aliphatic heterocycles. The van der Waals surface area contributed by atoms with Crippen LogP contribution in [0.2, 0.25) is 0 Å². The summed E-state index contributed by atoms with van der Waals surface area (Å²) in [5, 5.41) is 13.4. The van der Waals surface area contributed by atoms with Crippen LogP contribution in [0.5, 0.6) is 0 Å². The van der Waals surface area contributed by atoms with Gasteiger partial charge < -0.3 is 0 Å². The average Bonchev–Trinajstić information content (AvgIpc) is 2.11. The van der Waals surface area contributed by atoms with E-state index in [1.807, 2.05) is 9.39 Å². The molecule has 0 aromatic carbocycles. The third-order valence-electron chi connectivity index (χ3n) is 1.32. The number of rotatable bonds is 5. The minimum atomic E-state index is -1.09. The van der Waals surface area contributed by atoms with Crippen molar-refractivity contribution in [3.63, 3.8) is 0 Å². The fourth-order valence-electron chi connectivity index (χ4n) is 0.638. The molecule has 0 spiro atoms. The molecule has 0 rings (SSSR count). The van der Waals surface area contributed by atoms with Crippen molar-refractivity contribution >= 4 is 28.5 Å². The summed E-state index contributed by atoms with van der Waals surface area (Å²) in [6.45, 7) is 0. The van der Waals surface area contributed by atoms with E-state index >= 15 is 0 Å². The second-order valence-corrected chi connectivity index (χ2v) is 2.51. The molecule has 72 valence electrons. The van der Waals surface area contributed by atoms with Gasteiger partial charge in [-0.25, -0.2) is 0 Å². The van der Waals surface area contributed by atoms with Gasteiger partial charge in [0.25, 0.3) is 0 Å². The van der Waals surface area contributed by atoms with E-state index in [0.29, 0.717) is 0 Å². The van der Waals surface area contributed by atoms with Crippen molar-refractivity contribution in [2.75, 3.05) is 7.05 Å². The molecule has 6 nitrogen and oxygen atoms in total. The van der Waals surface area contributed by atoms with Gasteiger partial charge in [0, 0.05) is 0 Å². The van der Waals surface area contributed by atoms with Crippen LogP contribution in [0.3, 0.4) is 0 Å². The number of nitrogens with one attached hydrogen (secondary N) is 2. The number of carbonyl (C=O) groups is 2. The molecular formula is C5H11BN3O3P. The van der Waals surface area contributed by atoms with Gasteiger partial charge in [-0.15, -0.1) is 0 Å². The summed E-state index contributed by atoms with van der Waals surface area (Å²) in [6, 6.07) is -0.941. The molecule has 0 aliphatic carbocycles. The van der Waals surface area contributed by atoms with Gasteiger partial charge in [0.1, 0.15) is 0 Å². The summed E-state index contributed by atoms with van der Waals surface area (Å²) in [4.78, 5) is 21.4. The zero-order valence-electron chi connectivity index (χ0n) is 7.15. The van der Waals surface area contributed by atoms with Gasteiger partial charge in [-0.05, 0) is 0 Å². The monoisotopic (exact) mass is 203 g/mol. The quantitative estimate of drug-likeness (QED) is 0.385. The molecule has 0 heterocycles. The van der Waals surface area contributed by atoms with E-state index in [9.17, 15) is 9.59 Å². The van der Waals surface area contributed by atoms with Crippen LogP contribution in [0, 0.1) is 0 Å². The number of hydrogen-bond donors (Lipinski definition) is 3. The molecule has 0 aromatic rings. The van der Waals surface area contributed by atoms with Crippen molar-refractivity contribution in [2.45, 2.75) is 12.5 Å². The van der Waals surface area contributed by atoms with Crippen LogP contribution in [0.4, 0.5) is 0 Å². The zero-order chi connectivity index (χ0) is 10.3. The first-order chi connectivity index (χ1) is 6.11. The Morgan fingerprint density at radius 3 is 2.69 bits per heavy atom. The Morgan fingerprint density at radius 2 is 2.31 bits per heavy atom. The Labute approximate surface area is 78.7 Å². The molecular weight excluding hydrogens is 192 g/mol. The predicted octanol–water partition coefficient (Wildman–Crippen LogP) is -1.24. The zero-order valence-corrected chi connectivity index (χ0v) is 8.30. The van der Waals surface area contributed by atoms with Crippen LogP contribution >= 0.6 is 9.39 Å². The van der Waals surface area contributed by atoms with Gasteiger partial charge in [-0.3, -0.25) is 0 Å². The first-order valence-electron chi connectivity index (χ1n) is 3.53. The molecule has 0 saturated carbocycles. The van der Waals surface area contributed by atoms with Crippen LogP contribution in [0.25, 0.3) is 0 Å². The van der Waals surface area contributed by atoms with Gasteiger partial charge in [-0.2, -0.15) is 0 Å². The fourth-order valence-corrected chi connectivity index (χ4v) is 0.724. The van der Waals surface area contributed by atoms with Crippen LogP contribution < -0.4 is 10.5 Å². The van der Waals surface area contributed by atoms with Crippen molar-refractivity contribution in [1.82, 2.24) is 10.5 Å². The second-order valence-electron chi connectivity index (χ2n) is 2.21. The Hall–Kier alpha value is -0.965. The SMILES string of the molecule is CNC(=O)CC(N/B=N/P)C(=O)O. The molecule has 0 aromatic heterocycles. The van der Waals surface area contributed by atoms with E-state index in [0.717, 1.165) is 0 Å². The normalized spacial score (nSPS) is 11.8. The Morgan fingerprint density at radius 1 is 1.69 bits per heavy atom. The molecule has 0 radical (unpaired) electrons. The first-order valence-corrected chi connectivity index (χ1v) is 4.04. The maximum atomic E-state index is 10.8. The number of hydrogen-bond acceptors (Lipinski definition) is 3. The van der Waals surface area contributed by atoms with Crippen molar-refractivity contribution in [3.05, 3.63) is 0 Å². The standard InChI is InChI=1S/C5H11BN3O3P/c1-7-4(10)2-3(5(11)12)8-6-9-13/h3,8H,2,13H2,1H3,(H,7,10)(H,11,12). The van der Waals surface area contributed by atoms with E-state index in [1.165, 1.54) is 14.3 Å². The maximum absolute atomic E-state index is 10.8. The van der Waals surface area contributed by atoms with E-state index in [2.05, 4.69) is 15.2 Å². The number of carbonyl (C=O) groups excluding carboxylic acids is 1. The van der Waals surface area contributed by atoms with Crippen molar-refractivity contribution in [3.8, 4) is 0 Å². The van der Waals surface area contributed by atoms with Gasteiger partial charge in [0.15, 0.2) is 0 Å². The van der Waals surface area contributed by atoms with E-state index < -0.39 is 12.0 Å². The molecule has 0 aliphatic rings. The first kappa shape index (κ1) is 12.0. The molecule has 0 bridgehead atoms. The number of carboxylic acids is 1. The van der Waals surface area contributed by atoms with E-state index in [1.54, 1.807) is 0 Å². The summed E-state index contributed by atoms with van der Waals surface area (Å²) in [5.74, 6) is -1.43. The summed E-state index contributed by atoms with van der Waals surface area (Å²) in [7, 11) is 4.71. The number of amides is 1. The van der Waals surface area contributed by atoms with Crippen molar-refractivity contribution < 1.29 is 14.7 Å². The van der Waals surface area contributed by atoms with Crippen LogP contribution in [-0.2, 0) is 9.59 Å². The van der Waals surface area contributed by atoms with Gasteiger partial charge in [0.05, 0.1) is 0 Å². The van der Waals surface area contributed by atoms with E-state index in [-0.39, 0.29) is 12.3 Å². The summed E-state index contributed by atoms with van der Waals surface area (Å²) < 4.78 is 3.48. The number of nitrogens with zero attached hydrogens (tertiary/aromatic N) is 1. The summed E-state index contributed by atoms with van der Waals surface area (Å²) >= 11 is 0. The average molecular weight is 203 g/mol. The van der Waals surface area contributed by atoms with Gasteiger partial charge in [-0.1, -0.05) is 0 Å². The van der Waals surface area contributed by atoms with Crippen LogP contribution in [0.15, 0.2) is 4.67 Å². The third-order valence-corrected chi connectivity index (χ3v) is 1.47. The van der Waals surface area contributed by atoms with E-state index in [4.69, 9.17) is 5.11 Å². The van der Waals surface area contributed by atoms with Crippen LogP contribution in [0.1, 0.15) is 6.42 Å². The number of carboxylic acid groups (broad SMARTS) is 1. The summed E-state index contributed by atoms with van der Waals surface area (Å²) in [6.07, 6.45) is -0.123. The predicted molar refractivity (Wildman–Crippen MR) is 51.1 cm³/mol. The molecule has 13 heavy (non-hydrogen) atoms. The Kier molecular flexibility index (Phi) is 6.05. The third kappa shape index (κ3) is 5.30. The fraction of sp³-hybridized carbons (Fsp3) is 0.600. The second kappa shape index (κ2) is 6.54. The molecule has 0 saturated heterocycles. The summed E-state index contributed by atoms with van der Waals surface area (Å²) in [5.41, 5.74) is 0. The van der Waals surface area contributed by atoms with Crippen LogP contribution in [-0.4, -0.2) is 37.3 Å².